The van der Waals surface area contributed by atoms with Gasteiger partial charge in [0.1, 0.15) is 16.6 Å². The van der Waals surface area contributed by atoms with Crippen molar-refractivity contribution in [1.82, 2.24) is 14.9 Å². The zero-order valence-corrected chi connectivity index (χ0v) is 14.6. The van der Waals surface area contributed by atoms with Gasteiger partial charge in [0.2, 0.25) is 0 Å². The van der Waals surface area contributed by atoms with Crippen molar-refractivity contribution in [3.05, 3.63) is 17.5 Å². The molecule has 3 rings (SSSR count). The first kappa shape index (κ1) is 16.3. The summed E-state index contributed by atoms with van der Waals surface area (Å²) in [6, 6.07) is 0. The third-order valence-electron chi connectivity index (χ3n) is 4.37. The number of carbonyl (C=O) groups excluding carboxylic acids is 1. The van der Waals surface area contributed by atoms with Gasteiger partial charge in [0, 0.05) is 26.2 Å². The van der Waals surface area contributed by atoms with E-state index in [0.29, 0.717) is 17.0 Å². The van der Waals surface area contributed by atoms with Gasteiger partial charge in [0.25, 0.3) is 0 Å². The molecule has 23 heavy (non-hydrogen) atoms. The highest BCUT2D eigenvalue weighted by molar-refractivity contribution is 6.29. The molecular weight excluding hydrogens is 316 g/mol. The molecule has 1 aromatic rings. The van der Waals surface area contributed by atoms with Crippen molar-refractivity contribution in [1.29, 1.82) is 0 Å². The van der Waals surface area contributed by atoms with E-state index in [0.717, 1.165) is 38.4 Å². The summed E-state index contributed by atoms with van der Waals surface area (Å²) in [5.74, 6) is 1.84. The van der Waals surface area contributed by atoms with Crippen LogP contribution in [0.15, 0.2) is 12.4 Å². The zero-order chi connectivity index (χ0) is 16.6. The normalized spacial score (nSPS) is 24.5. The van der Waals surface area contributed by atoms with Gasteiger partial charge in [-0.1, -0.05) is 11.6 Å². The van der Waals surface area contributed by atoms with Gasteiger partial charge in [0.05, 0.1) is 12.4 Å². The molecule has 0 aliphatic carbocycles. The average molecular weight is 339 g/mol. The number of anilines is 1. The van der Waals surface area contributed by atoms with E-state index in [1.807, 2.05) is 25.7 Å². The summed E-state index contributed by atoms with van der Waals surface area (Å²) in [4.78, 5) is 24.7. The molecule has 2 fully saturated rings. The molecule has 0 aromatic carbocycles. The maximum absolute atomic E-state index is 12.2. The van der Waals surface area contributed by atoms with E-state index in [1.165, 1.54) is 0 Å². The number of piperidine rings is 1. The molecule has 2 aliphatic heterocycles. The van der Waals surface area contributed by atoms with Crippen LogP contribution in [-0.2, 0) is 4.74 Å². The Morgan fingerprint density at radius 1 is 1.26 bits per heavy atom. The predicted octanol–water partition coefficient (Wildman–Crippen LogP) is 2.82. The molecule has 1 amide bonds. The molecule has 1 aromatic heterocycles. The summed E-state index contributed by atoms with van der Waals surface area (Å²) in [7, 11) is 0. The van der Waals surface area contributed by atoms with Gasteiger partial charge >= 0.3 is 6.09 Å². The van der Waals surface area contributed by atoms with Gasteiger partial charge in [-0.25, -0.2) is 9.78 Å². The molecule has 7 heteroatoms. The predicted molar refractivity (Wildman–Crippen MR) is 88.7 cm³/mol. The van der Waals surface area contributed by atoms with Crippen molar-refractivity contribution in [2.24, 2.45) is 11.8 Å². The van der Waals surface area contributed by atoms with Crippen LogP contribution in [0.2, 0.25) is 5.15 Å². The topological polar surface area (TPSA) is 58.6 Å². The minimum atomic E-state index is -0.452. The van der Waals surface area contributed by atoms with Crippen LogP contribution in [0.4, 0.5) is 10.6 Å². The highest BCUT2D eigenvalue weighted by Crippen LogP contribution is 2.33. The van der Waals surface area contributed by atoms with Crippen molar-refractivity contribution in [2.75, 3.05) is 31.1 Å². The summed E-state index contributed by atoms with van der Waals surface area (Å²) in [6.07, 6.45) is 4.07. The van der Waals surface area contributed by atoms with Gasteiger partial charge in [-0.2, -0.15) is 0 Å². The number of ether oxygens (including phenoxy) is 1. The number of rotatable bonds is 1. The lowest BCUT2D eigenvalue weighted by molar-refractivity contribution is 0.0140. The largest absolute Gasteiger partial charge is 0.444 e. The third kappa shape index (κ3) is 3.86. The molecule has 0 bridgehead atoms. The van der Waals surface area contributed by atoms with Crippen molar-refractivity contribution in [3.8, 4) is 0 Å². The zero-order valence-electron chi connectivity index (χ0n) is 13.8. The standard InChI is InChI=1S/C16H23ClN4O2/c1-16(2,3)23-15(22)20-5-4-11-8-21(10-12(11)9-20)14-7-18-6-13(17)19-14/h6-7,11-12H,4-5,8-10H2,1-3H3/t11-,12+/m1/s1. The first-order valence-electron chi connectivity index (χ1n) is 8.02. The first-order chi connectivity index (χ1) is 10.8. The summed E-state index contributed by atoms with van der Waals surface area (Å²) in [6.45, 7) is 9.00. The second kappa shape index (κ2) is 6.15. The van der Waals surface area contributed by atoms with Crippen LogP contribution in [-0.4, -0.2) is 52.7 Å². The molecule has 0 radical (unpaired) electrons. The molecule has 126 valence electrons. The van der Waals surface area contributed by atoms with Crippen molar-refractivity contribution in [2.45, 2.75) is 32.8 Å². The summed E-state index contributed by atoms with van der Waals surface area (Å²) in [5.41, 5.74) is -0.452. The van der Waals surface area contributed by atoms with Crippen LogP contribution in [0.3, 0.4) is 0 Å². The van der Waals surface area contributed by atoms with E-state index in [1.54, 1.807) is 12.4 Å². The SMILES string of the molecule is CC(C)(C)OC(=O)N1CC[C@@H]2CN(c3cncc(Cl)n3)C[C@@H]2C1. The van der Waals surface area contributed by atoms with E-state index in [2.05, 4.69) is 14.9 Å². The maximum Gasteiger partial charge on any atom is 0.410 e. The number of likely N-dealkylation sites (tertiary alicyclic amines) is 1. The van der Waals surface area contributed by atoms with Crippen molar-refractivity contribution >= 4 is 23.5 Å². The van der Waals surface area contributed by atoms with Crippen LogP contribution >= 0.6 is 11.6 Å². The van der Waals surface area contributed by atoms with Crippen molar-refractivity contribution < 1.29 is 9.53 Å². The Kier molecular flexibility index (Phi) is 4.36. The van der Waals surface area contributed by atoms with Gasteiger partial charge in [0.15, 0.2) is 0 Å². The minimum absolute atomic E-state index is 0.211. The van der Waals surface area contributed by atoms with Gasteiger partial charge in [-0.05, 0) is 39.0 Å². The van der Waals surface area contributed by atoms with E-state index in [-0.39, 0.29) is 6.09 Å². The second-order valence-corrected chi connectivity index (χ2v) is 7.73. The average Bonchev–Trinajstić information content (AvgIpc) is 2.88. The number of hydrogen-bond donors (Lipinski definition) is 0. The quantitative estimate of drug-likeness (QED) is 0.788. The smallest absolute Gasteiger partial charge is 0.410 e. The monoisotopic (exact) mass is 338 g/mol. The molecule has 0 saturated carbocycles. The first-order valence-corrected chi connectivity index (χ1v) is 8.40. The molecule has 6 nitrogen and oxygen atoms in total. The Labute approximate surface area is 141 Å². The Morgan fingerprint density at radius 3 is 2.70 bits per heavy atom. The highest BCUT2D eigenvalue weighted by Gasteiger charge is 2.39. The Hall–Kier alpha value is -1.56. The molecule has 3 heterocycles. The number of nitrogens with zero attached hydrogens (tertiary/aromatic N) is 4. The highest BCUT2D eigenvalue weighted by atomic mass is 35.5. The molecule has 0 unspecified atom stereocenters. The fraction of sp³-hybridized carbons (Fsp3) is 0.688. The van der Waals surface area contributed by atoms with Crippen LogP contribution in [0.1, 0.15) is 27.2 Å². The number of fused-ring (bicyclic) bond motifs is 1. The van der Waals surface area contributed by atoms with Crippen molar-refractivity contribution in [3.63, 3.8) is 0 Å². The molecule has 0 spiro atoms. The fourth-order valence-electron chi connectivity index (χ4n) is 3.33. The maximum atomic E-state index is 12.2. The Bertz CT molecular complexity index is 590. The number of carbonyl (C=O) groups is 1. The molecule has 2 atom stereocenters. The van der Waals surface area contributed by atoms with Crippen LogP contribution in [0, 0.1) is 11.8 Å². The van der Waals surface area contributed by atoms with Crippen LogP contribution in [0.25, 0.3) is 0 Å². The summed E-state index contributed by atoms with van der Waals surface area (Å²) >= 11 is 5.93. The van der Waals surface area contributed by atoms with Gasteiger partial charge in [-0.3, -0.25) is 4.98 Å². The molecule has 0 N–H and O–H groups in total. The fourth-order valence-corrected chi connectivity index (χ4v) is 3.48. The van der Waals surface area contributed by atoms with E-state index < -0.39 is 5.60 Å². The minimum Gasteiger partial charge on any atom is -0.444 e. The molecular formula is C16H23ClN4O2. The van der Waals surface area contributed by atoms with E-state index >= 15 is 0 Å². The Balaban J connectivity index is 1.63. The summed E-state index contributed by atoms with van der Waals surface area (Å²) in [5, 5.41) is 0.410. The molecule has 2 saturated heterocycles. The molecule has 2 aliphatic rings. The lowest BCUT2D eigenvalue weighted by Crippen LogP contribution is -2.45. The van der Waals surface area contributed by atoms with Crippen LogP contribution in [0.5, 0.6) is 0 Å². The number of halogens is 1. The Morgan fingerprint density at radius 2 is 2.00 bits per heavy atom. The number of aromatic nitrogens is 2. The van der Waals surface area contributed by atoms with Gasteiger partial charge < -0.3 is 14.5 Å². The lowest BCUT2D eigenvalue weighted by Gasteiger charge is -2.35. The second-order valence-electron chi connectivity index (χ2n) is 7.34. The third-order valence-corrected chi connectivity index (χ3v) is 4.55. The van der Waals surface area contributed by atoms with E-state index in [9.17, 15) is 4.79 Å². The lowest BCUT2D eigenvalue weighted by atomic mass is 9.89. The van der Waals surface area contributed by atoms with Crippen LogP contribution < -0.4 is 4.90 Å². The van der Waals surface area contributed by atoms with E-state index in [4.69, 9.17) is 16.3 Å². The summed E-state index contributed by atoms with van der Waals surface area (Å²) < 4.78 is 5.49. The van der Waals surface area contributed by atoms with Gasteiger partial charge in [-0.15, -0.1) is 0 Å². The number of hydrogen-bond acceptors (Lipinski definition) is 5. The number of amides is 1.